The summed E-state index contributed by atoms with van der Waals surface area (Å²) < 4.78 is 19.1. The molecule has 0 aliphatic carbocycles. The Labute approximate surface area is 313 Å². The molecule has 298 valence electrons. The average Bonchev–Trinajstić information content (AvgIpc) is 3.12. The van der Waals surface area contributed by atoms with Crippen molar-refractivity contribution in [3.05, 3.63) is 23.8 Å². The molecular formula is C41H71N3O8. The number of nitrogens with zero attached hydrogens (tertiary/aromatic N) is 3. The minimum absolute atomic E-state index is 0.0270. The van der Waals surface area contributed by atoms with E-state index < -0.39 is 54.7 Å². The fourth-order valence-corrected chi connectivity index (χ4v) is 8.83. The second kappa shape index (κ2) is 20.8. The third kappa shape index (κ3) is 12.2. The largest absolute Gasteiger partial charge is 0.462 e. The van der Waals surface area contributed by atoms with Crippen molar-refractivity contribution in [1.82, 2.24) is 14.7 Å². The van der Waals surface area contributed by atoms with E-state index in [1.54, 1.807) is 32.0 Å². The summed E-state index contributed by atoms with van der Waals surface area (Å²) in [5.41, 5.74) is 0.954. The number of hydrogen-bond donors (Lipinski definition) is 3. The van der Waals surface area contributed by atoms with Crippen LogP contribution in [0.2, 0.25) is 0 Å². The summed E-state index contributed by atoms with van der Waals surface area (Å²) in [6.45, 7) is 15.3. The van der Waals surface area contributed by atoms with Gasteiger partial charge in [0.1, 0.15) is 12.2 Å². The number of allylic oxidation sites excluding steroid dienone is 3. The van der Waals surface area contributed by atoms with Crippen molar-refractivity contribution in [2.45, 2.75) is 148 Å². The fraction of sp³-hybridized carbons (Fsp3) is 0.854. The number of likely N-dealkylation sites (N-methyl/N-ethyl adjacent to an activating group) is 1. The lowest BCUT2D eigenvalue weighted by molar-refractivity contribution is -0.304. The molecular weight excluding hydrogens is 662 g/mol. The van der Waals surface area contributed by atoms with E-state index in [0.717, 1.165) is 70.5 Å². The highest BCUT2D eigenvalue weighted by molar-refractivity contribution is 5.91. The van der Waals surface area contributed by atoms with Crippen LogP contribution < -0.4 is 0 Å². The van der Waals surface area contributed by atoms with Crippen LogP contribution in [0.3, 0.4) is 0 Å². The molecule has 1 unspecified atom stereocenters. The number of hydrogen-bond acceptors (Lipinski definition) is 11. The summed E-state index contributed by atoms with van der Waals surface area (Å²) >= 11 is 0. The van der Waals surface area contributed by atoms with Crippen molar-refractivity contribution >= 4 is 11.8 Å². The second-order valence-electron chi connectivity index (χ2n) is 16.6. The van der Waals surface area contributed by atoms with E-state index >= 15 is 0 Å². The van der Waals surface area contributed by atoms with E-state index in [4.69, 9.17) is 14.2 Å². The standard InChI is InChI=1S/C41H71N3O8/c1-8-35-32(26-44-20-13-10-14-21-44)23-27(2)15-16-33(45)28(3)24-31(17-22-43-18-11-9-12-19-43)40(29(4)34(46)25-36(47)51-35)52-41-39(49)37(42(6)7)38(48)30(5)50-41/h15-16,23,28-32,34-35,37-41,46,48-49H,8-14,17-22,24-26H2,1-7H3/t28-,29+,30-,31?,32-,34-,35-,37+,38-,39-,40-,41+/m1/s1. The predicted molar refractivity (Wildman–Crippen MR) is 203 cm³/mol. The maximum Gasteiger partial charge on any atom is 0.308 e. The number of piperidine rings is 2. The SMILES string of the molecule is CC[C@H]1OC(=O)C[C@@H](O)[C@H](C)[C@@H](O[C@@H]2O[C@H](C)[C@@H](O)[C@H](N(C)C)[C@H]2O)C(CCN2CCCCC2)C[C@@H](C)C(=O)C=CC(C)=C[C@@H]1CN1CCCCC1. The van der Waals surface area contributed by atoms with E-state index in [1.807, 2.05) is 33.8 Å². The molecule has 0 saturated carbocycles. The van der Waals surface area contributed by atoms with Gasteiger partial charge in [0.25, 0.3) is 0 Å². The van der Waals surface area contributed by atoms with E-state index in [-0.39, 0.29) is 36.1 Å². The first-order chi connectivity index (χ1) is 24.8. The molecule has 3 fully saturated rings. The van der Waals surface area contributed by atoms with Gasteiger partial charge in [0.05, 0.1) is 36.9 Å². The third-order valence-corrected chi connectivity index (χ3v) is 12.1. The van der Waals surface area contributed by atoms with Crippen molar-refractivity contribution in [3.63, 3.8) is 0 Å². The number of aliphatic hydroxyl groups excluding tert-OH is 3. The Morgan fingerprint density at radius 1 is 0.904 bits per heavy atom. The quantitative estimate of drug-likeness (QED) is 0.295. The van der Waals surface area contributed by atoms with Gasteiger partial charge in [-0.1, -0.05) is 51.3 Å². The van der Waals surface area contributed by atoms with Gasteiger partial charge in [0, 0.05) is 24.3 Å². The molecule has 11 nitrogen and oxygen atoms in total. The number of aliphatic hydroxyl groups is 3. The summed E-state index contributed by atoms with van der Waals surface area (Å²) in [7, 11) is 3.60. The van der Waals surface area contributed by atoms with Gasteiger partial charge in [-0.2, -0.15) is 0 Å². The van der Waals surface area contributed by atoms with Crippen LogP contribution in [0, 0.1) is 23.7 Å². The highest BCUT2D eigenvalue weighted by Gasteiger charge is 2.47. The van der Waals surface area contributed by atoms with Gasteiger partial charge in [-0.15, -0.1) is 0 Å². The lowest BCUT2D eigenvalue weighted by Crippen LogP contribution is -2.63. The Balaban J connectivity index is 1.68. The number of rotatable bonds is 9. The molecule has 11 heteroatoms. The molecule has 4 aliphatic heterocycles. The molecule has 3 saturated heterocycles. The number of carbonyl (C=O) groups excluding carboxylic acids is 2. The number of likely N-dealkylation sites (tertiary alicyclic amines) is 2. The Morgan fingerprint density at radius 3 is 2.15 bits per heavy atom. The van der Waals surface area contributed by atoms with Crippen molar-refractivity contribution in [1.29, 1.82) is 0 Å². The number of cyclic esters (lactones) is 1. The summed E-state index contributed by atoms with van der Waals surface area (Å²) in [6, 6.07) is -0.632. The van der Waals surface area contributed by atoms with Gasteiger partial charge in [0.15, 0.2) is 12.1 Å². The summed E-state index contributed by atoms with van der Waals surface area (Å²) in [5.74, 6) is -1.58. The smallest absolute Gasteiger partial charge is 0.308 e. The monoisotopic (exact) mass is 734 g/mol. The Bertz CT molecular complexity index is 1170. The van der Waals surface area contributed by atoms with Crippen LogP contribution in [0.25, 0.3) is 0 Å². The molecule has 12 atom stereocenters. The van der Waals surface area contributed by atoms with Crippen molar-refractivity contribution in [2.75, 3.05) is 53.4 Å². The van der Waals surface area contributed by atoms with E-state index in [1.165, 1.54) is 12.8 Å². The molecule has 4 heterocycles. The minimum Gasteiger partial charge on any atom is -0.462 e. The first-order valence-electron chi connectivity index (χ1n) is 20.3. The molecule has 0 radical (unpaired) electrons. The number of carbonyl (C=O) groups is 2. The topological polar surface area (TPSA) is 132 Å². The zero-order valence-corrected chi connectivity index (χ0v) is 33.2. The second-order valence-corrected chi connectivity index (χ2v) is 16.6. The fourth-order valence-electron chi connectivity index (χ4n) is 8.83. The lowest BCUT2D eigenvalue weighted by Gasteiger charge is -2.47. The van der Waals surface area contributed by atoms with Crippen molar-refractivity contribution < 1.29 is 39.1 Å². The number of esters is 1. The predicted octanol–water partition coefficient (Wildman–Crippen LogP) is 4.18. The van der Waals surface area contributed by atoms with Gasteiger partial charge in [-0.05, 0) is 118 Å². The molecule has 0 aromatic heterocycles. The van der Waals surface area contributed by atoms with Crippen LogP contribution in [0.5, 0.6) is 0 Å². The normalized spacial score (nSPS) is 38.6. The highest BCUT2D eigenvalue weighted by atomic mass is 16.7. The molecule has 0 aromatic carbocycles. The van der Waals surface area contributed by atoms with Crippen LogP contribution in [-0.4, -0.2) is 144 Å². The summed E-state index contributed by atoms with van der Waals surface area (Å²) in [4.78, 5) is 34.1. The zero-order valence-electron chi connectivity index (χ0n) is 33.2. The van der Waals surface area contributed by atoms with Crippen LogP contribution in [-0.2, 0) is 23.8 Å². The number of ether oxygens (including phenoxy) is 3. The van der Waals surface area contributed by atoms with Crippen molar-refractivity contribution in [2.24, 2.45) is 23.7 Å². The molecule has 0 bridgehead atoms. The number of ketones is 1. The van der Waals surface area contributed by atoms with Gasteiger partial charge in [0.2, 0.25) is 0 Å². The molecule has 0 amide bonds. The van der Waals surface area contributed by atoms with Crippen LogP contribution in [0.15, 0.2) is 23.8 Å². The maximum absolute atomic E-state index is 13.8. The first-order valence-corrected chi connectivity index (χ1v) is 20.3. The summed E-state index contributed by atoms with van der Waals surface area (Å²) in [5, 5.41) is 34.2. The van der Waals surface area contributed by atoms with Crippen LogP contribution >= 0.6 is 0 Å². The molecule has 4 aliphatic rings. The Hall–Kier alpha value is -1.70. The molecule has 4 rings (SSSR count). The van der Waals surface area contributed by atoms with Crippen LogP contribution in [0.4, 0.5) is 0 Å². The van der Waals surface area contributed by atoms with Gasteiger partial charge < -0.3 is 44.2 Å². The molecule has 0 aromatic rings. The van der Waals surface area contributed by atoms with Gasteiger partial charge >= 0.3 is 5.97 Å². The first kappa shape index (κ1) is 43.0. The molecule has 3 N–H and O–H groups in total. The van der Waals surface area contributed by atoms with Gasteiger partial charge in [-0.25, -0.2) is 0 Å². The molecule has 52 heavy (non-hydrogen) atoms. The highest BCUT2D eigenvalue weighted by Crippen LogP contribution is 2.35. The van der Waals surface area contributed by atoms with Crippen molar-refractivity contribution in [3.8, 4) is 0 Å². The maximum atomic E-state index is 13.8. The van der Waals surface area contributed by atoms with E-state index in [0.29, 0.717) is 19.3 Å². The zero-order chi connectivity index (χ0) is 37.9. The Kier molecular flexibility index (Phi) is 17.2. The average molecular weight is 734 g/mol. The van der Waals surface area contributed by atoms with Crippen LogP contribution in [0.1, 0.15) is 98.8 Å². The van der Waals surface area contributed by atoms with E-state index in [2.05, 4.69) is 15.9 Å². The third-order valence-electron chi connectivity index (χ3n) is 12.1. The van der Waals surface area contributed by atoms with E-state index in [9.17, 15) is 24.9 Å². The Morgan fingerprint density at radius 2 is 1.54 bits per heavy atom. The summed E-state index contributed by atoms with van der Waals surface area (Å²) in [6.07, 6.45) is 8.49. The lowest BCUT2D eigenvalue weighted by atomic mass is 9.79. The van der Waals surface area contributed by atoms with Gasteiger partial charge in [-0.3, -0.25) is 9.59 Å². The minimum atomic E-state index is -1.17. The molecule has 0 spiro atoms.